The maximum atomic E-state index is 13.0. The molecule has 4 rings (SSSR count). The highest BCUT2D eigenvalue weighted by Crippen LogP contribution is 2.29. The molecule has 0 bridgehead atoms. The van der Waals surface area contributed by atoms with Crippen LogP contribution in [0.15, 0.2) is 42.9 Å². The number of halogens is 2. The first-order valence-electron chi connectivity index (χ1n) is 6.81. The van der Waals surface area contributed by atoms with Crippen LogP contribution in [0.3, 0.4) is 0 Å². The van der Waals surface area contributed by atoms with Gasteiger partial charge in [-0.25, -0.2) is 18.7 Å². The van der Waals surface area contributed by atoms with E-state index < -0.39 is 6.43 Å². The fourth-order valence-corrected chi connectivity index (χ4v) is 2.44. The van der Waals surface area contributed by atoms with E-state index in [-0.39, 0.29) is 5.69 Å². The second kappa shape index (κ2) is 5.24. The molecule has 1 aromatic carbocycles. The lowest BCUT2D eigenvalue weighted by Crippen LogP contribution is -1.95. The molecular weight excluding hydrogens is 302 g/mol. The number of benzene rings is 1. The van der Waals surface area contributed by atoms with Crippen molar-refractivity contribution in [2.45, 2.75) is 6.43 Å². The van der Waals surface area contributed by atoms with Crippen molar-refractivity contribution in [3.63, 3.8) is 0 Å². The van der Waals surface area contributed by atoms with Crippen LogP contribution in [0.2, 0.25) is 0 Å². The van der Waals surface area contributed by atoms with Crippen LogP contribution < -0.4 is 5.32 Å². The predicted octanol–water partition coefficient (Wildman–Crippen LogP) is 3.58. The lowest BCUT2D eigenvalue weighted by atomic mass is 10.1. The number of nitrogens with zero attached hydrogens (tertiary/aromatic N) is 4. The van der Waals surface area contributed by atoms with E-state index in [1.807, 2.05) is 0 Å². The lowest BCUT2D eigenvalue weighted by molar-refractivity contribution is 0.148. The molecule has 0 aliphatic rings. The third-order valence-corrected chi connectivity index (χ3v) is 3.46. The van der Waals surface area contributed by atoms with Gasteiger partial charge in [0.15, 0.2) is 11.3 Å². The summed E-state index contributed by atoms with van der Waals surface area (Å²) in [6, 6.07) is 6.79. The average Bonchev–Trinajstić information content (AvgIpc) is 2.97. The Morgan fingerprint density at radius 2 is 1.87 bits per heavy atom. The van der Waals surface area contributed by atoms with Crippen molar-refractivity contribution in [2.75, 3.05) is 5.32 Å². The van der Waals surface area contributed by atoms with Gasteiger partial charge in [-0.3, -0.25) is 10.1 Å². The number of rotatable bonds is 3. The van der Waals surface area contributed by atoms with Gasteiger partial charge < -0.3 is 5.32 Å². The standard InChI is InChI=1S/C15H10F2N6/c16-13(17)11-10-2-1-9(7-8(10)3-4-18-11)21-15-12-14(22-23-15)20-6-5-19-12/h1-7,13H,(H2,20,21,22,23). The van der Waals surface area contributed by atoms with E-state index in [0.717, 1.165) is 5.69 Å². The fraction of sp³-hybridized carbons (Fsp3) is 0.0667. The highest BCUT2D eigenvalue weighted by Gasteiger charge is 2.13. The van der Waals surface area contributed by atoms with Crippen LogP contribution in [0.5, 0.6) is 0 Å². The van der Waals surface area contributed by atoms with Crippen LogP contribution in [-0.4, -0.2) is 25.1 Å². The number of pyridine rings is 1. The number of alkyl halides is 2. The highest BCUT2D eigenvalue weighted by atomic mass is 19.3. The van der Waals surface area contributed by atoms with Gasteiger partial charge in [-0.2, -0.15) is 5.10 Å². The summed E-state index contributed by atoms with van der Waals surface area (Å²) in [5.74, 6) is 0.593. The Labute approximate surface area is 128 Å². The van der Waals surface area contributed by atoms with E-state index in [1.54, 1.807) is 36.7 Å². The summed E-state index contributed by atoms with van der Waals surface area (Å²) in [7, 11) is 0. The minimum absolute atomic E-state index is 0.216. The van der Waals surface area contributed by atoms with Crippen molar-refractivity contribution in [1.82, 2.24) is 25.1 Å². The largest absolute Gasteiger partial charge is 0.339 e. The van der Waals surface area contributed by atoms with Crippen molar-refractivity contribution >= 4 is 33.4 Å². The number of aromatic nitrogens is 5. The van der Waals surface area contributed by atoms with Crippen molar-refractivity contribution in [2.24, 2.45) is 0 Å². The summed E-state index contributed by atoms with van der Waals surface area (Å²) in [5.41, 5.74) is 1.61. The summed E-state index contributed by atoms with van der Waals surface area (Å²) in [6.07, 6.45) is 1.90. The van der Waals surface area contributed by atoms with E-state index >= 15 is 0 Å². The minimum Gasteiger partial charge on any atom is -0.339 e. The van der Waals surface area contributed by atoms with Gasteiger partial charge in [-0.15, -0.1) is 0 Å². The Hall–Kier alpha value is -3.16. The van der Waals surface area contributed by atoms with Crippen LogP contribution in [-0.2, 0) is 0 Å². The molecule has 3 aromatic heterocycles. The van der Waals surface area contributed by atoms with Gasteiger partial charge in [0.1, 0.15) is 5.69 Å². The minimum atomic E-state index is -2.61. The molecule has 0 unspecified atom stereocenters. The molecule has 0 spiro atoms. The normalized spacial score (nSPS) is 11.4. The van der Waals surface area contributed by atoms with Crippen molar-refractivity contribution in [1.29, 1.82) is 0 Å². The molecule has 0 aliphatic heterocycles. The monoisotopic (exact) mass is 312 g/mol. The van der Waals surface area contributed by atoms with E-state index in [0.29, 0.717) is 27.8 Å². The maximum absolute atomic E-state index is 13.0. The Bertz CT molecular complexity index is 998. The van der Waals surface area contributed by atoms with Gasteiger partial charge in [-0.05, 0) is 23.6 Å². The van der Waals surface area contributed by atoms with Crippen LogP contribution in [0.4, 0.5) is 20.3 Å². The SMILES string of the molecule is FC(F)c1nccc2cc(Nc3[nH]nc4nccnc34)ccc12. The van der Waals surface area contributed by atoms with Crippen molar-refractivity contribution in [3.05, 3.63) is 48.5 Å². The van der Waals surface area contributed by atoms with Gasteiger partial charge in [0.05, 0.1) is 0 Å². The van der Waals surface area contributed by atoms with Gasteiger partial charge in [0.25, 0.3) is 6.43 Å². The second-order valence-electron chi connectivity index (χ2n) is 4.88. The smallest absolute Gasteiger partial charge is 0.280 e. The molecule has 0 radical (unpaired) electrons. The van der Waals surface area contributed by atoms with Crippen LogP contribution in [0, 0.1) is 0 Å². The summed E-state index contributed by atoms with van der Waals surface area (Å²) in [5, 5.41) is 11.1. The number of fused-ring (bicyclic) bond motifs is 2. The summed E-state index contributed by atoms with van der Waals surface area (Å²) >= 11 is 0. The lowest BCUT2D eigenvalue weighted by Gasteiger charge is -2.08. The van der Waals surface area contributed by atoms with E-state index in [2.05, 4.69) is 30.5 Å². The van der Waals surface area contributed by atoms with Crippen molar-refractivity contribution in [3.8, 4) is 0 Å². The molecule has 8 heteroatoms. The first kappa shape index (κ1) is 13.5. The molecule has 0 aliphatic carbocycles. The molecule has 0 atom stereocenters. The van der Waals surface area contributed by atoms with Crippen LogP contribution in [0.1, 0.15) is 12.1 Å². The number of H-pyrrole nitrogens is 1. The average molecular weight is 312 g/mol. The molecule has 6 nitrogen and oxygen atoms in total. The highest BCUT2D eigenvalue weighted by molar-refractivity contribution is 5.90. The molecule has 0 saturated heterocycles. The zero-order valence-corrected chi connectivity index (χ0v) is 11.7. The number of hydrogen-bond acceptors (Lipinski definition) is 5. The van der Waals surface area contributed by atoms with Crippen molar-refractivity contribution < 1.29 is 8.78 Å². The number of hydrogen-bond donors (Lipinski definition) is 2. The van der Waals surface area contributed by atoms with Gasteiger partial charge in [0, 0.05) is 29.7 Å². The molecule has 114 valence electrons. The molecule has 0 saturated carbocycles. The quantitative estimate of drug-likeness (QED) is 0.604. The molecule has 0 amide bonds. The zero-order valence-electron chi connectivity index (χ0n) is 11.7. The summed E-state index contributed by atoms with van der Waals surface area (Å²) < 4.78 is 25.9. The maximum Gasteiger partial charge on any atom is 0.280 e. The third-order valence-electron chi connectivity index (χ3n) is 3.46. The predicted molar refractivity (Wildman–Crippen MR) is 81.7 cm³/mol. The van der Waals surface area contributed by atoms with E-state index in [9.17, 15) is 8.78 Å². The van der Waals surface area contributed by atoms with Gasteiger partial charge in [0.2, 0.25) is 5.65 Å². The summed E-state index contributed by atoms with van der Waals surface area (Å²) in [6.45, 7) is 0. The van der Waals surface area contributed by atoms with E-state index in [1.165, 1.54) is 6.20 Å². The van der Waals surface area contributed by atoms with E-state index in [4.69, 9.17) is 0 Å². The Morgan fingerprint density at radius 1 is 1.00 bits per heavy atom. The molecular formula is C15H10F2N6. The third kappa shape index (κ3) is 2.33. The second-order valence-corrected chi connectivity index (χ2v) is 4.88. The number of anilines is 2. The van der Waals surface area contributed by atoms with Crippen LogP contribution >= 0.6 is 0 Å². The molecule has 23 heavy (non-hydrogen) atoms. The zero-order chi connectivity index (χ0) is 15.8. The Balaban J connectivity index is 1.75. The molecule has 2 N–H and O–H groups in total. The Morgan fingerprint density at radius 3 is 2.74 bits per heavy atom. The van der Waals surface area contributed by atoms with Gasteiger partial charge >= 0.3 is 0 Å². The Kier molecular flexibility index (Phi) is 3.07. The first-order valence-corrected chi connectivity index (χ1v) is 6.81. The molecule has 3 heterocycles. The topological polar surface area (TPSA) is 79.4 Å². The van der Waals surface area contributed by atoms with Crippen LogP contribution in [0.25, 0.3) is 21.9 Å². The molecule has 4 aromatic rings. The fourth-order valence-electron chi connectivity index (χ4n) is 2.44. The summed E-state index contributed by atoms with van der Waals surface area (Å²) in [4.78, 5) is 12.0. The van der Waals surface area contributed by atoms with Gasteiger partial charge in [-0.1, -0.05) is 6.07 Å². The first-order chi connectivity index (χ1) is 11.2. The number of aromatic amines is 1. The molecule has 0 fully saturated rings. The number of nitrogens with one attached hydrogen (secondary N) is 2.